The van der Waals surface area contributed by atoms with Gasteiger partial charge in [-0.05, 0) is 85.5 Å². The van der Waals surface area contributed by atoms with Crippen molar-refractivity contribution in [2.45, 2.75) is 18.7 Å². The van der Waals surface area contributed by atoms with Crippen LogP contribution >= 0.6 is 23.5 Å². The Morgan fingerprint density at radius 1 is 1.04 bits per heavy atom. The Kier molecular flexibility index (Phi) is 5.91. The molecule has 0 aliphatic rings. The highest BCUT2D eigenvalue weighted by molar-refractivity contribution is 8.00. The zero-order chi connectivity index (χ0) is 18.5. The maximum Gasteiger partial charge on any atom is 0.243 e. The summed E-state index contributed by atoms with van der Waals surface area (Å²) in [5.41, 5.74) is 3.95. The summed E-state index contributed by atoms with van der Waals surface area (Å²) < 4.78 is 9.29. The third kappa shape index (κ3) is 4.62. The van der Waals surface area contributed by atoms with E-state index < -0.39 is 0 Å². The lowest BCUT2D eigenvalue weighted by Crippen LogP contribution is -1.96. The molecule has 0 saturated heterocycles. The van der Waals surface area contributed by atoms with Crippen molar-refractivity contribution in [3.05, 3.63) is 70.9 Å². The van der Waals surface area contributed by atoms with Gasteiger partial charge in [0.15, 0.2) is 0 Å². The molecule has 26 heavy (non-hydrogen) atoms. The van der Waals surface area contributed by atoms with Crippen LogP contribution < -0.4 is 14.8 Å². The summed E-state index contributed by atoms with van der Waals surface area (Å²) >= 11 is 7.59. The number of benzene rings is 2. The van der Waals surface area contributed by atoms with Crippen LogP contribution in [-0.2, 0) is 0 Å². The first kappa shape index (κ1) is 18.4. The van der Waals surface area contributed by atoms with Crippen LogP contribution in [0.3, 0.4) is 0 Å². The molecule has 0 amide bonds. The van der Waals surface area contributed by atoms with Gasteiger partial charge in [-0.3, -0.25) is 0 Å². The fraction of sp³-hybridized carbons (Fsp3) is 0.150. The Bertz CT molecular complexity index is 900. The minimum Gasteiger partial charge on any atom is -0.437 e. The molecule has 2 N–H and O–H groups in total. The Hall–Kier alpha value is -2.37. The first-order valence-electron chi connectivity index (χ1n) is 8.16. The summed E-state index contributed by atoms with van der Waals surface area (Å²) in [6.45, 7) is 3.99. The molecule has 134 valence electrons. The second-order valence-electron chi connectivity index (χ2n) is 5.86. The SMILES string of the molecule is CNc1ccc(Oc2ncc(C)cc2NSc2ccc(Cl)c(C)c2)cc1. The molecule has 0 spiro atoms. The number of hydrogen-bond donors (Lipinski definition) is 2. The van der Waals surface area contributed by atoms with Crippen molar-refractivity contribution in [2.75, 3.05) is 17.1 Å². The molecular formula is C20H20ClN3OS. The van der Waals surface area contributed by atoms with Crippen molar-refractivity contribution < 1.29 is 4.74 Å². The number of aryl methyl sites for hydroxylation is 2. The molecule has 0 atom stereocenters. The van der Waals surface area contributed by atoms with E-state index in [1.54, 1.807) is 6.20 Å². The number of rotatable bonds is 6. The summed E-state index contributed by atoms with van der Waals surface area (Å²) in [6, 6.07) is 15.7. The van der Waals surface area contributed by atoms with Crippen molar-refractivity contribution >= 4 is 34.9 Å². The minimum atomic E-state index is 0.533. The Morgan fingerprint density at radius 3 is 2.50 bits per heavy atom. The molecule has 3 aromatic rings. The third-order valence-electron chi connectivity index (χ3n) is 3.75. The molecule has 0 fully saturated rings. The Balaban J connectivity index is 1.77. The summed E-state index contributed by atoms with van der Waals surface area (Å²) in [4.78, 5) is 5.49. The van der Waals surface area contributed by atoms with Crippen molar-refractivity contribution in [3.63, 3.8) is 0 Å². The minimum absolute atomic E-state index is 0.533. The molecule has 1 aromatic heterocycles. The van der Waals surface area contributed by atoms with Crippen LogP contribution in [0, 0.1) is 13.8 Å². The number of nitrogens with one attached hydrogen (secondary N) is 2. The molecule has 0 bridgehead atoms. The van der Waals surface area contributed by atoms with E-state index >= 15 is 0 Å². The van der Waals surface area contributed by atoms with Gasteiger partial charge in [-0.1, -0.05) is 11.6 Å². The molecule has 0 aliphatic heterocycles. The van der Waals surface area contributed by atoms with Crippen LogP contribution in [0.5, 0.6) is 11.6 Å². The second-order valence-corrected chi connectivity index (χ2v) is 7.14. The van der Waals surface area contributed by atoms with Crippen LogP contribution in [-0.4, -0.2) is 12.0 Å². The summed E-state index contributed by atoms with van der Waals surface area (Å²) in [6.07, 6.45) is 1.79. The predicted octanol–water partition coefficient (Wildman–Crippen LogP) is 6.31. The van der Waals surface area contributed by atoms with Gasteiger partial charge in [0.2, 0.25) is 5.88 Å². The third-order valence-corrected chi connectivity index (χ3v) is 4.99. The highest BCUT2D eigenvalue weighted by Crippen LogP contribution is 2.32. The number of ether oxygens (including phenoxy) is 1. The zero-order valence-electron chi connectivity index (χ0n) is 14.8. The van der Waals surface area contributed by atoms with Gasteiger partial charge in [-0.15, -0.1) is 0 Å². The van der Waals surface area contributed by atoms with Crippen molar-refractivity contribution in [3.8, 4) is 11.6 Å². The summed E-state index contributed by atoms with van der Waals surface area (Å²) in [5.74, 6) is 1.27. The normalized spacial score (nSPS) is 10.5. The van der Waals surface area contributed by atoms with E-state index in [-0.39, 0.29) is 0 Å². The zero-order valence-corrected chi connectivity index (χ0v) is 16.4. The van der Waals surface area contributed by atoms with Gasteiger partial charge in [0.05, 0.1) is 0 Å². The average Bonchev–Trinajstić information content (AvgIpc) is 2.65. The fourth-order valence-electron chi connectivity index (χ4n) is 2.31. The topological polar surface area (TPSA) is 46.2 Å². The molecule has 0 saturated carbocycles. The van der Waals surface area contributed by atoms with E-state index in [9.17, 15) is 0 Å². The lowest BCUT2D eigenvalue weighted by molar-refractivity contribution is 0.465. The molecule has 4 nitrogen and oxygen atoms in total. The number of hydrogen-bond acceptors (Lipinski definition) is 5. The number of pyridine rings is 1. The van der Waals surface area contributed by atoms with Crippen LogP contribution in [0.25, 0.3) is 0 Å². The first-order chi connectivity index (χ1) is 12.5. The van der Waals surface area contributed by atoms with Gasteiger partial charge >= 0.3 is 0 Å². The highest BCUT2D eigenvalue weighted by Gasteiger charge is 2.09. The average molecular weight is 386 g/mol. The molecule has 6 heteroatoms. The smallest absolute Gasteiger partial charge is 0.243 e. The molecule has 0 unspecified atom stereocenters. The van der Waals surface area contributed by atoms with Gasteiger partial charge in [-0.25, -0.2) is 4.98 Å². The first-order valence-corrected chi connectivity index (χ1v) is 9.36. The van der Waals surface area contributed by atoms with Gasteiger partial charge < -0.3 is 14.8 Å². The molecule has 2 aromatic carbocycles. The van der Waals surface area contributed by atoms with Gasteiger partial charge in [0, 0.05) is 28.9 Å². The number of halogens is 1. The highest BCUT2D eigenvalue weighted by atomic mass is 35.5. The lowest BCUT2D eigenvalue weighted by atomic mass is 10.2. The van der Waals surface area contributed by atoms with Crippen LogP contribution in [0.15, 0.2) is 59.6 Å². The monoisotopic (exact) mass is 385 g/mol. The lowest BCUT2D eigenvalue weighted by Gasteiger charge is -2.13. The summed E-state index contributed by atoms with van der Waals surface area (Å²) in [7, 11) is 1.88. The van der Waals surface area contributed by atoms with Crippen LogP contribution in [0.2, 0.25) is 5.02 Å². The summed E-state index contributed by atoms with van der Waals surface area (Å²) in [5, 5.41) is 3.85. The molecule has 0 aliphatic carbocycles. The van der Waals surface area contributed by atoms with E-state index in [1.165, 1.54) is 11.9 Å². The van der Waals surface area contributed by atoms with Crippen molar-refractivity contribution in [1.29, 1.82) is 0 Å². The van der Waals surface area contributed by atoms with E-state index in [2.05, 4.69) is 15.0 Å². The predicted molar refractivity (Wildman–Crippen MR) is 111 cm³/mol. The number of nitrogens with zero attached hydrogens (tertiary/aromatic N) is 1. The van der Waals surface area contributed by atoms with Crippen LogP contribution in [0.4, 0.5) is 11.4 Å². The standard InChI is InChI=1S/C20H20ClN3OS/c1-13-10-19(24-26-17-8-9-18(21)14(2)11-17)20(23-12-13)25-16-6-4-15(22-3)5-7-16/h4-12,22,24H,1-3H3. The van der Waals surface area contributed by atoms with Crippen molar-refractivity contribution in [2.24, 2.45) is 0 Å². The van der Waals surface area contributed by atoms with E-state index in [0.29, 0.717) is 5.88 Å². The van der Waals surface area contributed by atoms with Gasteiger partial charge in [0.1, 0.15) is 11.4 Å². The van der Waals surface area contributed by atoms with Crippen molar-refractivity contribution in [1.82, 2.24) is 4.98 Å². The molecule has 3 rings (SSSR count). The Labute approximate surface area is 163 Å². The van der Waals surface area contributed by atoms with Crippen LogP contribution in [0.1, 0.15) is 11.1 Å². The molecule has 0 radical (unpaired) electrons. The maximum atomic E-state index is 6.09. The Morgan fingerprint density at radius 2 is 1.81 bits per heavy atom. The maximum absolute atomic E-state index is 6.09. The van der Waals surface area contributed by atoms with Gasteiger partial charge in [0.25, 0.3) is 0 Å². The molecular weight excluding hydrogens is 366 g/mol. The second kappa shape index (κ2) is 8.34. The van der Waals surface area contributed by atoms with E-state index in [1.807, 2.05) is 69.4 Å². The quantitative estimate of drug-likeness (QED) is 0.487. The van der Waals surface area contributed by atoms with E-state index in [4.69, 9.17) is 16.3 Å². The largest absolute Gasteiger partial charge is 0.437 e. The van der Waals surface area contributed by atoms with Gasteiger partial charge in [-0.2, -0.15) is 0 Å². The van der Waals surface area contributed by atoms with E-state index in [0.717, 1.165) is 38.2 Å². The number of aromatic nitrogens is 1. The number of anilines is 2. The molecule has 1 heterocycles. The fourth-order valence-corrected chi connectivity index (χ4v) is 3.17.